The lowest BCUT2D eigenvalue weighted by atomic mass is 9.86. The van der Waals surface area contributed by atoms with Crippen molar-refractivity contribution in [3.05, 3.63) is 59.9 Å². The summed E-state index contributed by atoms with van der Waals surface area (Å²) in [5.74, 6) is -0.800. The molecule has 1 N–H and O–H groups in total. The Hall–Kier alpha value is -2.04. The minimum absolute atomic E-state index is 0. The smallest absolute Gasteiger partial charge is 0.242 e. The molecule has 192 valence electrons. The third-order valence-corrected chi connectivity index (χ3v) is 9.14. The van der Waals surface area contributed by atoms with Gasteiger partial charge in [0, 0.05) is 43.4 Å². The van der Waals surface area contributed by atoms with E-state index in [1.54, 1.807) is 39.2 Å². The Morgan fingerprint density at radius 3 is 2.54 bits per heavy atom. The summed E-state index contributed by atoms with van der Waals surface area (Å²) in [6.45, 7) is 7.33. The Morgan fingerprint density at radius 2 is 1.89 bits per heavy atom. The fourth-order valence-electron chi connectivity index (χ4n) is 5.18. The highest BCUT2D eigenvalue weighted by molar-refractivity contribution is 7.92. The van der Waals surface area contributed by atoms with E-state index in [0.717, 1.165) is 0 Å². The number of halogens is 2. The number of fused-ring (bicyclic) bond motifs is 1. The Morgan fingerprint density at radius 1 is 1.20 bits per heavy atom. The summed E-state index contributed by atoms with van der Waals surface area (Å²) in [7, 11) is -2.35. The Bertz CT molecular complexity index is 1160. The normalized spacial score (nSPS) is 24.0. The van der Waals surface area contributed by atoms with Crippen molar-refractivity contribution in [1.82, 2.24) is 10.2 Å². The summed E-state index contributed by atoms with van der Waals surface area (Å²) >= 11 is 0. The number of ether oxygens (including phenoxy) is 1. The zero-order chi connectivity index (χ0) is 24.7. The van der Waals surface area contributed by atoms with Crippen LogP contribution in [0.4, 0.5) is 10.1 Å². The van der Waals surface area contributed by atoms with Crippen LogP contribution >= 0.6 is 12.4 Å². The van der Waals surface area contributed by atoms with Crippen molar-refractivity contribution < 1.29 is 22.3 Å². The van der Waals surface area contributed by atoms with Crippen molar-refractivity contribution in [3.8, 4) is 0 Å². The third kappa shape index (κ3) is 5.11. The van der Waals surface area contributed by atoms with E-state index >= 15 is 0 Å². The molecule has 0 bridgehead atoms. The molecule has 1 amide bonds. The van der Waals surface area contributed by atoms with E-state index < -0.39 is 26.4 Å². The molecule has 1 saturated heterocycles. The Labute approximate surface area is 213 Å². The van der Waals surface area contributed by atoms with Gasteiger partial charge >= 0.3 is 0 Å². The zero-order valence-corrected chi connectivity index (χ0v) is 22.0. The van der Waals surface area contributed by atoms with Crippen LogP contribution in [0.25, 0.3) is 0 Å². The topological polar surface area (TPSA) is 79.0 Å². The van der Waals surface area contributed by atoms with E-state index in [0.29, 0.717) is 30.9 Å². The third-order valence-electron chi connectivity index (χ3n) is 6.82. The summed E-state index contributed by atoms with van der Waals surface area (Å²) < 4.78 is 47.4. The van der Waals surface area contributed by atoms with Crippen LogP contribution in [-0.4, -0.2) is 70.0 Å². The number of amides is 1. The average Bonchev–Trinajstić information content (AvgIpc) is 3.03. The van der Waals surface area contributed by atoms with Crippen molar-refractivity contribution in [3.63, 3.8) is 0 Å². The minimum atomic E-state index is -3.97. The number of rotatable bonds is 6. The van der Waals surface area contributed by atoms with E-state index in [4.69, 9.17) is 4.74 Å². The molecular formula is C25H33ClFN3O4S. The lowest BCUT2D eigenvalue weighted by molar-refractivity contribution is -0.121. The van der Waals surface area contributed by atoms with Gasteiger partial charge in [0.15, 0.2) is 5.37 Å². The van der Waals surface area contributed by atoms with E-state index in [2.05, 4.69) is 5.32 Å². The summed E-state index contributed by atoms with van der Waals surface area (Å²) in [6, 6.07) is 12.4. The van der Waals surface area contributed by atoms with Crippen molar-refractivity contribution in [2.75, 3.05) is 38.3 Å². The highest BCUT2D eigenvalue weighted by Gasteiger charge is 2.54. The highest BCUT2D eigenvalue weighted by atomic mass is 35.5. The van der Waals surface area contributed by atoms with Crippen LogP contribution in [0.3, 0.4) is 0 Å². The van der Waals surface area contributed by atoms with Gasteiger partial charge in [-0.3, -0.25) is 14.6 Å². The van der Waals surface area contributed by atoms with Gasteiger partial charge in [-0.05, 0) is 42.8 Å². The van der Waals surface area contributed by atoms with Crippen LogP contribution < -0.4 is 10.2 Å². The molecule has 0 spiro atoms. The van der Waals surface area contributed by atoms with Crippen molar-refractivity contribution in [2.45, 2.75) is 48.5 Å². The second-order valence-electron chi connectivity index (χ2n) is 9.71. The molecular weight excluding hydrogens is 493 g/mol. The van der Waals surface area contributed by atoms with E-state index in [-0.39, 0.29) is 41.8 Å². The molecule has 3 atom stereocenters. The van der Waals surface area contributed by atoms with Gasteiger partial charge in [0.2, 0.25) is 15.7 Å². The predicted molar refractivity (Wildman–Crippen MR) is 136 cm³/mol. The molecule has 0 radical (unpaired) electrons. The quantitative estimate of drug-likeness (QED) is 0.624. The largest absolute Gasteiger partial charge is 0.383 e. The fraction of sp³-hybridized carbons (Fsp3) is 0.480. The number of carbonyl (C=O) groups is 1. The van der Waals surface area contributed by atoms with Gasteiger partial charge in [0.25, 0.3) is 0 Å². The second kappa shape index (κ2) is 10.5. The number of methoxy groups -OCH3 is 1. The van der Waals surface area contributed by atoms with Crippen LogP contribution in [0.1, 0.15) is 26.3 Å². The highest BCUT2D eigenvalue weighted by Crippen LogP contribution is 2.48. The van der Waals surface area contributed by atoms with Crippen LogP contribution in [0, 0.1) is 5.82 Å². The first-order valence-corrected chi connectivity index (χ1v) is 13.0. The maximum Gasteiger partial charge on any atom is 0.242 e. The van der Waals surface area contributed by atoms with E-state index in [1.165, 1.54) is 35.2 Å². The first-order chi connectivity index (χ1) is 16.1. The van der Waals surface area contributed by atoms with E-state index in [1.807, 2.05) is 11.8 Å². The summed E-state index contributed by atoms with van der Waals surface area (Å²) in [6.07, 6.45) is 0. The lowest BCUT2D eigenvalue weighted by Crippen LogP contribution is -2.60. The molecule has 4 rings (SSSR count). The molecule has 0 aromatic heterocycles. The van der Waals surface area contributed by atoms with Crippen LogP contribution in [0.15, 0.2) is 53.4 Å². The maximum atomic E-state index is 14.2. The maximum absolute atomic E-state index is 14.2. The monoisotopic (exact) mass is 525 g/mol. The number of nitrogens with one attached hydrogen (secondary N) is 1. The van der Waals surface area contributed by atoms with Gasteiger partial charge in [-0.25, -0.2) is 12.8 Å². The molecule has 2 aromatic rings. The van der Waals surface area contributed by atoms with Crippen molar-refractivity contribution >= 4 is 33.8 Å². The van der Waals surface area contributed by atoms with E-state index in [9.17, 15) is 17.6 Å². The molecule has 10 heteroatoms. The number of sulfone groups is 1. The molecule has 2 heterocycles. The number of benzene rings is 2. The predicted octanol–water partition coefficient (Wildman–Crippen LogP) is 2.98. The Kier molecular flexibility index (Phi) is 8.28. The molecule has 2 aromatic carbocycles. The van der Waals surface area contributed by atoms with Crippen molar-refractivity contribution in [1.29, 1.82) is 0 Å². The SMILES string of the molecule is COC[C@H]1CN[C@H](C)CN1CC(=O)N1c2ccc(F)cc2C(C)(C)C1S(=O)(=O)c1ccccc1.Cl. The number of piperazine rings is 1. The molecule has 2 aliphatic heterocycles. The first-order valence-electron chi connectivity index (χ1n) is 11.4. The first kappa shape index (κ1) is 27.5. The van der Waals surface area contributed by atoms with Gasteiger partial charge < -0.3 is 10.1 Å². The number of hydrogen-bond donors (Lipinski definition) is 1. The molecule has 2 aliphatic rings. The summed E-state index contributed by atoms with van der Waals surface area (Å²) in [5, 5.41) is 2.19. The number of nitrogens with zero attached hydrogens (tertiary/aromatic N) is 2. The van der Waals surface area contributed by atoms with Gasteiger partial charge in [-0.1, -0.05) is 32.0 Å². The molecule has 7 nitrogen and oxygen atoms in total. The fourth-order valence-corrected chi connectivity index (χ4v) is 7.39. The molecule has 0 saturated carbocycles. The molecule has 1 fully saturated rings. The second-order valence-corrected chi connectivity index (χ2v) is 11.7. The number of carbonyl (C=O) groups excluding carboxylic acids is 1. The Balaban J connectivity index is 0.00000342. The molecule has 1 unspecified atom stereocenters. The molecule has 0 aliphatic carbocycles. The van der Waals surface area contributed by atoms with Gasteiger partial charge in [-0.15, -0.1) is 12.4 Å². The summed E-state index contributed by atoms with van der Waals surface area (Å²) in [5.41, 5.74) is -0.0791. The van der Waals surface area contributed by atoms with Crippen molar-refractivity contribution in [2.24, 2.45) is 0 Å². The van der Waals surface area contributed by atoms with Gasteiger partial charge in [0.05, 0.1) is 18.0 Å². The lowest BCUT2D eigenvalue weighted by Gasteiger charge is -2.40. The standard InChI is InChI=1S/C25H32FN3O4S.ClH/c1-17-14-28(19(13-27-17)16-33-4)15-23(30)29-22-11-10-18(26)12-21(22)25(2,3)24(29)34(31,32)20-8-6-5-7-9-20;/h5-12,17,19,24,27H,13-16H2,1-4H3;1H/t17-,19-,24?;/m1./s1. The average molecular weight is 526 g/mol. The zero-order valence-electron chi connectivity index (χ0n) is 20.4. The van der Waals surface area contributed by atoms with Gasteiger partial charge in [-0.2, -0.15) is 0 Å². The van der Waals surface area contributed by atoms with Crippen LogP contribution in [-0.2, 0) is 24.8 Å². The number of hydrogen-bond acceptors (Lipinski definition) is 6. The van der Waals surface area contributed by atoms with Crippen LogP contribution in [0.5, 0.6) is 0 Å². The molecule has 35 heavy (non-hydrogen) atoms. The number of anilines is 1. The van der Waals surface area contributed by atoms with Gasteiger partial charge in [0.1, 0.15) is 5.82 Å². The minimum Gasteiger partial charge on any atom is -0.383 e. The summed E-state index contributed by atoms with van der Waals surface area (Å²) in [4.78, 5) is 17.4. The van der Waals surface area contributed by atoms with Crippen LogP contribution in [0.2, 0.25) is 0 Å².